The van der Waals surface area contributed by atoms with Gasteiger partial charge in [0.1, 0.15) is 6.10 Å². The number of benzene rings is 1. The molecule has 92 valence electrons. The smallest absolute Gasteiger partial charge is 0.115 e. The first-order chi connectivity index (χ1) is 8.13. The molecule has 3 heteroatoms. The highest BCUT2D eigenvalue weighted by Gasteiger charge is 1.99. The standard InChI is InChI=1S/C14H16Cl2O/c1-2-3-4-5-12(17)8-6-11-7-9-13(15)14(16)10-11/h7,9-10,12,17H,2-5H2,1H3. The summed E-state index contributed by atoms with van der Waals surface area (Å²) in [5.41, 5.74) is 0.772. The highest BCUT2D eigenvalue weighted by Crippen LogP contribution is 2.22. The molecule has 0 aromatic heterocycles. The van der Waals surface area contributed by atoms with E-state index in [2.05, 4.69) is 18.8 Å². The molecule has 0 saturated heterocycles. The van der Waals surface area contributed by atoms with Gasteiger partial charge in [0.05, 0.1) is 10.0 Å². The van der Waals surface area contributed by atoms with Gasteiger partial charge in [0, 0.05) is 5.56 Å². The van der Waals surface area contributed by atoms with Gasteiger partial charge in [-0.25, -0.2) is 0 Å². The van der Waals surface area contributed by atoms with Crippen LogP contribution in [0.1, 0.15) is 38.2 Å². The van der Waals surface area contributed by atoms with Crippen LogP contribution in [0.4, 0.5) is 0 Å². The topological polar surface area (TPSA) is 20.2 Å². The van der Waals surface area contributed by atoms with Crippen molar-refractivity contribution >= 4 is 23.2 Å². The molecule has 0 aliphatic heterocycles. The lowest BCUT2D eigenvalue weighted by Gasteiger charge is -2.01. The molecular formula is C14H16Cl2O. The van der Waals surface area contributed by atoms with E-state index in [1.165, 1.54) is 0 Å². The average molecular weight is 271 g/mol. The van der Waals surface area contributed by atoms with Gasteiger partial charge in [-0.05, 0) is 31.0 Å². The van der Waals surface area contributed by atoms with Crippen LogP contribution in [-0.4, -0.2) is 11.2 Å². The van der Waals surface area contributed by atoms with Gasteiger partial charge in [-0.1, -0.05) is 54.8 Å². The Balaban J connectivity index is 2.55. The van der Waals surface area contributed by atoms with Crippen LogP contribution in [0.5, 0.6) is 0 Å². The van der Waals surface area contributed by atoms with Gasteiger partial charge in [0.2, 0.25) is 0 Å². The summed E-state index contributed by atoms with van der Waals surface area (Å²) in [5, 5.41) is 10.6. The van der Waals surface area contributed by atoms with Crippen molar-refractivity contribution in [3.8, 4) is 11.8 Å². The summed E-state index contributed by atoms with van der Waals surface area (Å²) < 4.78 is 0. The zero-order valence-electron chi connectivity index (χ0n) is 9.84. The van der Waals surface area contributed by atoms with E-state index in [0.717, 1.165) is 31.2 Å². The van der Waals surface area contributed by atoms with Gasteiger partial charge in [0.15, 0.2) is 0 Å². The third-order valence-corrected chi connectivity index (χ3v) is 3.12. The maximum absolute atomic E-state index is 9.63. The molecule has 1 N–H and O–H groups in total. The summed E-state index contributed by atoms with van der Waals surface area (Å²) in [5.74, 6) is 5.70. The molecule has 0 bridgehead atoms. The zero-order valence-corrected chi connectivity index (χ0v) is 11.4. The molecule has 0 amide bonds. The first-order valence-electron chi connectivity index (χ1n) is 5.78. The Kier molecular flexibility index (Phi) is 6.44. The molecule has 1 unspecified atom stereocenters. The highest BCUT2D eigenvalue weighted by molar-refractivity contribution is 6.42. The van der Waals surface area contributed by atoms with Crippen molar-refractivity contribution in [1.82, 2.24) is 0 Å². The SMILES string of the molecule is CCCCCC(O)C#Cc1ccc(Cl)c(Cl)c1. The average Bonchev–Trinajstić information content (AvgIpc) is 2.31. The number of halogens is 2. The molecule has 1 aromatic rings. The third-order valence-electron chi connectivity index (χ3n) is 2.38. The van der Waals surface area contributed by atoms with Gasteiger partial charge in [0.25, 0.3) is 0 Å². The summed E-state index contributed by atoms with van der Waals surface area (Å²) in [6.45, 7) is 2.13. The van der Waals surface area contributed by atoms with Crippen molar-refractivity contribution in [2.45, 2.75) is 38.7 Å². The number of unbranched alkanes of at least 4 members (excludes halogenated alkanes) is 2. The summed E-state index contributed by atoms with van der Waals surface area (Å²) >= 11 is 11.7. The van der Waals surface area contributed by atoms with Crippen molar-refractivity contribution < 1.29 is 5.11 Å². The molecule has 0 saturated carbocycles. The Morgan fingerprint density at radius 2 is 2.00 bits per heavy atom. The van der Waals surface area contributed by atoms with E-state index >= 15 is 0 Å². The van der Waals surface area contributed by atoms with E-state index in [1.807, 2.05) is 0 Å². The summed E-state index contributed by atoms with van der Waals surface area (Å²) in [4.78, 5) is 0. The fourth-order valence-electron chi connectivity index (χ4n) is 1.40. The minimum atomic E-state index is -0.559. The first-order valence-corrected chi connectivity index (χ1v) is 6.53. The Morgan fingerprint density at radius 1 is 1.24 bits per heavy atom. The molecule has 1 atom stereocenters. The van der Waals surface area contributed by atoms with Crippen LogP contribution < -0.4 is 0 Å². The molecule has 1 aromatic carbocycles. The van der Waals surface area contributed by atoms with Crippen molar-refractivity contribution in [3.05, 3.63) is 33.8 Å². The second-order valence-corrected chi connectivity index (χ2v) is 4.72. The van der Waals surface area contributed by atoms with E-state index in [4.69, 9.17) is 23.2 Å². The predicted octanol–water partition coefficient (Wildman–Crippen LogP) is 4.29. The normalized spacial score (nSPS) is 11.8. The molecular weight excluding hydrogens is 255 g/mol. The van der Waals surface area contributed by atoms with Crippen LogP contribution >= 0.6 is 23.2 Å². The third kappa shape index (κ3) is 5.46. The molecule has 1 rings (SSSR count). The molecule has 1 nitrogen and oxygen atoms in total. The lowest BCUT2D eigenvalue weighted by molar-refractivity contribution is 0.217. The minimum Gasteiger partial charge on any atom is -0.380 e. The van der Waals surface area contributed by atoms with Gasteiger partial charge >= 0.3 is 0 Å². The lowest BCUT2D eigenvalue weighted by Crippen LogP contribution is -2.02. The molecule has 0 radical (unpaired) electrons. The molecule has 0 spiro atoms. The second-order valence-electron chi connectivity index (χ2n) is 3.91. The minimum absolute atomic E-state index is 0.485. The van der Waals surface area contributed by atoms with Crippen molar-refractivity contribution in [3.63, 3.8) is 0 Å². The fourth-order valence-corrected chi connectivity index (χ4v) is 1.70. The second kappa shape index (κ2) is 7.61. The van der Waals surface area contributed by atoms with E-state index in [9.17, 15) is 5.11 Å². The Labute approximate surface area is 113 Å². The van der Waals surface area contributed by atoms with Crippen LogP contribution in [0.25, 0.3) is 0 Å². The zero-order chi connectivity index (χ0) is 12.7. The number of hydrogen-bond acceptors (Lipinski definition) is 1. The van der Waals surface area contributed by atoms with E-state index in [0.29, 0.717) is 10.0 Å². The molecule has 0 aliphatic rings. The number of hydrogen-bond donors (Lipinski definition) is 1. The maximum Gasteiger partial charge on any atom is 0.115 e. The summed E-state index contributed by atoms with van der Waals surface area (Å²) in [6, 6.07) is 5.20. The summed E-state index contributed by atoms with van der Waals surface area (Å²) in [6.07, 6.45) is 3.45. The molecule has 0 aliphatic carbocycles. The Bertz CT molecular complexity index is 418. The lowest BCUT2D eigenvalue weighted by atomic mass is 10.1. The summed E-state index contributed by atoms with van der Waals surface area (Å²) in [7, 11) is 0. The van der Waals surface area contributed by atoms with Gasteiger partial charge in [-0.3, -0.25) is 0 Å². The van der Waals surface area contributed by atoms with Crippen LogP contribution in [0.2, 0.25) is 10.0 Å². The van der Waals surface area contributed by atoms with Gasteiger partial charge in [-0.15, -0.1) is 0 Å². The first kappa shape index (κ1) is 14.4. The Morgan fingerprint density at radius 3 is 2.65 bits per heavy atom. The van der Waals surface area contributed by atoms with Crippen LogP contribution in [0, 0.1) is 11.8 Å². The molecule has 0 fully saturated rings. The highest BCUT2D eigenvalue weighted by atomic mass is 35.5. The number of aliphatic hydroxyl groups is 1. The van der Waals surface area contributed by atoms with Gasteiger partial charge < -0.3 is 5.11 Å². The quantitative estimate of drug-likeness (QED) is 0.640. The number of rotatable bonds is 4. The van der Waals surface area contributed by atoms with Crippen LogP contribution in [0.15, 0.2) is 18.2 Å². The van der Waals surface area contributed by atoms with Crippen molar-refractivity contribution in [1.29, 1.82) is 0 Å². The monoisotopic (exact) mass is 270 g/mol. The Hall–Kier alpha value is -0.680. The maximum atomic E-state index is 9.63. The van der Waals surface area contributed by atoms with E-state index < -0.39 is 6.10 Å². The van der Waals surface area contributed by atoms with E-state index in [-0.39, 0.29) is 0 Å². The molecule has 17 heavy (non-hydrogen) atoms. The van der Waals surface area contributed by atoms with Crippen molar-refractivity contribution in [2.24, 2.45) is 0 Å². The predicted molar refractivity (Wildman–Crippen MR) is 73.5 cm³/mol. The van der Waals surface area contributed by atoms with Crippen molar-refractivity contribution in [2.75, 3.05) is 0 Å². The molecule has 0 heterocycles. The largest absolute Gasteiger partial charge is 0.380 e. The van der Waals surface area contributed by atoms with Crippen LogP contribution in [0.3, 0.4) is 0 Å². The van der Waals surface area contributed by atoms with Crippen LogP contribution in [-0.2, 0) is 0 Å². The van der Waals surface area contributed by atoms with E-state index in [1.54, 1.807) is 18.2 Å². The van der Waals surface area contributed by atoms with Gasteiger partial charge in [-0.2, -0.15) is 0 Å². The number of aliphatic hydroxyl groups excluding tert-OH is 1. The fraction of sp³-hybridized carbons (Fsp3) is 0.429.